The van der Waals surface area contributed by atoms with Crippen molar-refractivity contribution >= 4 is 18.3 Å². The summed E-state index contributed by atoms with van der Waals surface area (Å²) in [7, 11) is 1.08. The maximum atomic E-state index is 2.42. The third kappa shape index (κ3) is 6.43. The van der Waals surface area contributed by atoms with Crippen molar-refractivity contribution in [3.63, 3.8) is 0 Å². The number of hydrogen-bond donors (Lipinski definition) is 0. The quantitative estimate of drug-likeness (QED) is 0.509. The third-order valence-electron chi connectivity index (χ3n) is 0.803. The van der Waals surface area contributed by atoms with Gasteiger partial charge in [0.15, 0.2) is 0 Å². The average molecular weight is 130 g/mol. The van der Waals surface area contributed by atoms with Gasteiger partial charge in [-0.05, 0) is 0 Å². The van der Waals surface area contributed by atoms with E-state index in [0.717, 1.165) is 0 Å². The summed E-state index contributed by atoms with van der Waals surface area (Å²) in [6.45, 7) is 7.11. The van der Waals surface area contributed by atoms with Crippen molar-refractivity contribution in [1.82, 2.24) is 0 Å². The van der Waals surface area contributed by atoms with E-state index in [2.05, 4.69) is 20.0 Å². The summed E-state index contributed by atoms with van der Waals surface area (Å²) >= 11 is 0. The Morgan fingerprint density at radius 3 is 2.14 bits per heavy atom. The zero-order chi connectivity index (χ0) is 5.70. The van der Waals surface area contributed by atoms with Crippen LogP contribution in [0, 0.1) is 0 Å². The minimum Gasteiger partial charge on any atom is -0.0724 e. The van der Waals surface area contributed by atoms with Gasteiger partial charge in [0.25, 0.3) is 0 Å². The van der Waals surface area contributed by atoms with Gasteiger partial charge >= 0.3 is 0 Å². The SMILES string of the molecule is CC[Si]C[SiH](C)C. The second-order valence-electron chi connectivity index (χ2n) is 2.20. The summed E-state index contributed by atoms with van der Waals surface area (Å²) in [6, 6.07) is 1.41. The Labute approximate surface area is 50.8 Å². The van der Waals surface area contributed by atoms with Gasteiger partial charge < -0.3 is 0 Å². The van der Waals surface area contributed by atoms with Gasteiger partial charge in [0.1, 0.15) is 0 Å². The highest BCUT2D eigenvalue weighted by molar-refractivity contribution is 6.67. The van der Waals surface area contributed by atoms with Crippen LogP contribution in [-0.4, -0.2) is 18.3 Å². The summed E-state index contributed by atoms with van der Waals surface area (Å²) in [5, 5.41) is 0. The number of rotatable bonds is 3. The van der Waals surface area contributed by atoms with Crippen LogP contribution in [0.3, 0.4) is 0 Å². The van der Waals surface area contributed by atoms with E-state index in [4.69, 9.17) is 0 Å². The van der Waals surface area contributed by atoms with Crippen molar-refractivity contribution in [1.29, 1.82) is 0 Å². The van der Waals surface area contributed by atoms with Crippen molar-refractivity contribution in [2.45, 2.75) is 31.7 Å². The van der Waals surface area contributed by atoms with Crippen molar-refractivity contribution < 1.29 is 0 Å². The lowest BCUT2D eigenvalue weighted by Crippen LogP contribution is -2.03. The average Bonchev–Trinajstić information content (AvgIpc) is 1.61. The molecule has 0 aliphatic carbocycles. The Morgan fingerprint density at radius 2 is 2.00 bits per heavy atom. The van der Waals surface area contributed by atoms with Crippen LogP contribution in [0.2, 0.25) is 24.8 Å². The minimum atomic E-state index is -0.176. The van der Waals surface area contributed by atoms with Crippen molar-refractivity contribution in [2.24, 2.45) is 0 Å². The molecule has 2 heteroatoms. The second kappa shape index (κ2) is 4.59. The van der Waals surface area contributed by atoms with E-state index in [9.17, 15) is 0 Å². The maximum Gasteiger partial charge on any atom is 0.0341 e. The molecule has 0 aliphatic heterocycles. The van der Waals surface area contributed by atoms with E-state index in [-0.39, 0.29) is 8.80 Å². The van der Waals surface area contributed by atoms with E-state index < -0.39 is 0 Å². The first-order valence-electron chi connectivity index (χ1n) is 2.98. The fourth-order valence-corrected chi connectivity index (χ4v) is 3.90. The van der Waals surface area contributed by atoms with Crippen LogP contribution in [0.1, 0.15) is 6.92 Å². The van der Waals surface area contributed by atoms with E-state index in [0.29, 0.717) is 0 Å². The fraction of sp³-hybridized carbons (Fsp3) is 1.00. The molecule has 0 nitrogen and oxygen atoms in total. The Bertz CT molecular complexity index is 35.1. The van der Waals surface area contributed by atoms with E-state index in [1.165, 1.54) is 15.6 Å². The standard InChI is InChI=1S/C5H14Si2/c1-4-6-5-7(2)3/h7H,4-5H2,1-3H3. The van der Waals surface area contributed by atoms with Crippen molar-refractivity contribution in [3.05, 3.63) is 0 Å². The van der Waals surface area contributed by atoms with Crippen LogP contribution >= 0.6 is 0 Å². The van der Waals surface area contributed by atoms with Gasteiger partial charge in [-0.15, -0.1) is 0 Å². The highest BCUT2D eigenvalue weighted by Crippen LogP contribution is 1.89. The summed E-state index contributed by atoms with van der Waals surface area (Å²) < 4.78 is 0. The van der Waals surface area contributed by atoms with Gasteiger partial charge in [0.05, 0.1) is 0 Å². The molecule has 0 aliphatic rings. The van der Waals surface area contributed by atoms with Crippen LogP contribution in [0.5, 0.6) is 0 Å². The topological polar surface area (TPSA) is 0 Å². The van der Waals surface area contributed by atoms with Crippen molar-refractivity contribution in [2.75, 3.05) is 0 Å². The molecule has 0 N–H and O–H groups in total. The van der Waals surface area contributed by atoms with Gasteiger partial charge in [-0.1, -0.05) is 31.7 Å². The normalized spacial score (nSPS) is 10.3. The van der Waals surface area contributed by atoms with Gasteiger partial charge in [-0.2, -0.15) is 0 Å². The largest absolute Gasteiger partial charge is 0.0724 e. The van der Waals surface area contributed by atoms with Crippen LogP contribution in [-0.2, 0) is 0 Å². The lowest BCUT2D eigenvalue weighted by molar-refractivity contribution is 1.44. The Hall–Kier alpha value is 0.434. The highest BCUT2D eigenvalue weighted by atomic mass is 28.3. The summed E-state index contributed by atoms with van der Waals surface area (Å²) in [5.74, 6) is 0. The summed E-state index contributed by atoms with van der Waals surface area (Å²) in [5.41, 5.74) is 1.57. The van der Waals surface area contributed by atoms with E-state index in [1.54, 1.807) is 5.67 Å². The van der Waals surface area contributed by atoms with Crippen LogP contribution in [0.15, 0.2) is 0 Å². The van der Waals surface area contributed by atoms with Crippen molar-refractivity contribution in [3.8, 4) is 0 Å². The molecule has 0 fully saturated rings. The molecular weight excluding hydrogens is 116 g/mol. The van der Waals surface area contributed by atoms with E-state index >= 15 is 0 Å². The first-order chi connectivity index (χ1) is 3.27. The smallest absolute Gasteiger partial charge is 0.0341 e. The molecule has 2 radical (unpaired) electrons. The molecule has 0 saturated carbocycles. The summed E-state index contributed by atoms with van der Waals surface area (Å²) in [6.07, 6.45) is 0. The van der Waals surface area contributed by atoms with Gasteiger partial charge in [-0.25, -0.2) is 0 Å². The Balaban J connectivity index is 2.68. The van der Waals surface area contributed by atoms with E-state index in [1.807, 2.05) is 0 Å². The molecule has 0 heterocycles. The molecule has 42 valence electrons. The molecule has 0 aromatic rings. The Morgan fingerprint density at radius 1 is 1.43 bits per heavy atom. The summed E-state index contributed by atoms with van der Waals surface area (Å²) in [4.78, 5) is 0. The van der Waals surface area contributed by atoms with Gasteiger partial charge in [0.2, 0.25) is 0 Å². The molecule has 0 saturated heterocycles. The predicted molar refractivity (Wildman–Crippen MR) is 39.9 cm³/mol. The molecule has 0 atom stereocenters. The second-order valence-corrected chi connectivity index (χ2v) is 7.83. The molecule has 7 heavy (non-hydrogen) atoms. The number of hydrogen-bond acceptors (Lipinski definition) is 0. The first-order valence-corrected chi connectivity index (χ1v) is 7.52. The fourth-order valence-electron chi connectivity index (χ4n) is 0.433. The maximum absolute atomic E-state index is 2.42. The lowest BCUT2D eigenvalue weighted by Gasteiger charge is -1.95. The molecule has 0 aromatic heterocycles. The minimum absolute atomic E-state index is 0.176. The lowest BCUT2D eigenvalue weighted by atomic mass is 11.0. The monoisotopic (exact) mass is 130 g/mol. The zero-order valence-corrected chi connectivity index (χ0v) is 7.65. The molecule has 0 amide bonds. The highest BCUT2D eigenvalue weighted by Gasteiger charge is 1.91. The molecule has 0 rings (SSSR count). The van der Waals surface area contributed by atoms with Crippen LogP contribution < -0.4 is 0 Å². The molecule has 0 spiro atoms. The zero-order valence-electron chi connectivity index (χ0n) is 5.49. The Kier molecular flexibility index (Phi) is 4.87. The molecule has 0 aromatic carbocycles. The first kappa shape index (κ1) is 7.43. The predicted octanol–water partition coefficient (Wildman–Crippen LogP) is 1.57. The molecule has 0 unspecified atom stereocenters. The van der Waals surface area contributed by atoms with Crippen LogP contribution in [0.4, 0.5) is 0 Å². The van der Waals surface area contributed by atoms with Crippen LogP contribution in [0.25, 0.3) is 0 Å². The van der Waals surface area contributed by atoms with Gasteiger partial charge in [-0.3, -0.25) is 0 Å². The molecular formula is C5H14Si2. The van der Waals surface area contributed by atoms with Gasteiger partial charge in [0, 0.05) is 18.3 Å². The third-order valence-corrected chi connectivity index (χ3v) is 5.72. The molecule has 0 bridgehead atoms.